The van der Waals surface area contributed by atoms with E-state index < -0.39 is 11.7 Å². The molecule has 1 aromatic rings. The summed E-state index contributed by atoms with van der Waals surface area (Å²) in [5.41, 5.74) is 1.97. The van der Waals surface area contributed by atoms with Crippen molar-refractivity contribution in [3.05, 3.63) is 34.3 Å². The number of ether oxygens (including phenoxy) is 2. The average molecular weight is 315 g/mol. The van der Waals surface area contributed by atoms with Crippen LogP contribution in [0, 0.1) is 6.92 Å². The van der Waals surface area contributed by atoms with Crippen LogP contribution in [0.25, 0.3) is 0 Å². The Morgan fingerprint density at radius 1 is 1.52 bits per heavy atom. The molecule has 6 nitrogen and oxygen atoms in total. The summed E-state index contributed by atoms with van der Waals surface area (Å²) in [5.74, 6) is -0.0443. The van der Waals surface area contributed by atoms with Gasteiger partial charge in [0.15, 0.2) is 5.60 Å². The predicted octanol–water partition coefficient (Wildman–Crippen LogP) is 2.56. The number of aryl methyl sites for hydroxylation is 1. The Hall–Kier alpha value is -1.79. The lowest BCUT2D eigenvalue weighted by Crippen LogP contribution is -2.36. The number of carbonyl (C=O) groups is 1. The number of amides is 1. The molecule has 1 aromatic carbocycles. The van der Waals surface area contributed by atoms with Crippen LogP contribution in [0.3, 0.4) is 0 Å². The second-order valence-electron chi connectivity index (χ2n) is 4.49. The maximum absolute atomic E-state index is 11.1. The van der Waals surface area contributed by atoms with Gasteiger partial charge in [0, 0.05) is 5.02 Å². The first kappa shape index (κ1) is 17.3. The molecule has 1 atom stereocenters. The topological polar surface area (TPSA) is 80.2 Å². The molecule has 116 valence electrons. The summed E-state index contributed by atoms with van der Waals surface area (Å²) in [6.45, 7) is 5.37. The van der Waals surface area contributed by atoms with Crippen LogP contribution in [0.1, 0.15) is 25.0 Å². The van der Waals surface area contributed by atoms with Gasteiger partial charge in [-0.05, 0) is 38.0 Å². The van der Waals surface area contributed by atoms with Crippen molar-refractivity contribution in [2.45, 2.75) is 26.4 Å². The van der Waals surface area contributed by atoms with E-state index in [1.165, 1.54) is 14.0 Å². The number of hydrogen-bond donors (Lipinski definition) is 2. The molecule has 2 N–H and O–H groups in total. The van der Waals surface area contributed by atoms with Crippen LogP contribution >= 0.6 is 11.6 Å². The standard InChI is InChI=1S/C14H19ClN2O4/c1-5-21-12(16-17-13(18)20-4)14(3,19)10-6-7-11(15)9(2)8-10/h6-8,19H,5H2,1-4H3,(H,17,18)/b16-12+. The molecule has 0 bridgehead atoms. The number of hydrogen-bond acceptors (Lipinski definition) is 5. The van der Waals surface area contributed by atoms with Gasteiger partial charge in [0.25, 0.3) is 0 Å². The number of benzene rings is 1. The molecule has 0 heterocycles. The second-order valence-corrected chi connectivity index (χ2v) is 4.90. The Morgan fingerprint density at radius 2 is 2.19 bits per heavy atom. The molecule has 0 aliphatic heterocycles. The van der Waals surface area contributed by atoms with Crippen molar-refractivity contribution in [1.29, 1.82) is 0 Å². The number of carbonyl (C=O) groups excluding carboxylic acids is 1. The zero-order valence-electron chi connectivity index (χ0n) is 12.4. The monoisotopic (exact) mass is 314 g/mol. The van der Waals surface area contributed by atoms with Crippen molar-refractivity contribution < 1.29 is 19.4 Å². The van der Waals surface area contributed by atoms with Crippen LogP contribution in [0.2, 0.25) is 5.02 Å². The highest BCUT2D eigenvalue weighted by molar-refractivity contribution is 6.31. The summed E-state index contributed by atoms with van der Waals surface area (Å²) in [5, 5.41) is 15.1. The zero-order valence-corrected chi connectivity index (χ0v) is 13.2. The Morgan fingerprint density at radius 3 is 2.71 bits per heavy atom. The molecule has 21 heavy (non-hydrogen) atoms. The normalized spacial score (nSPS) is 14.3. The van der Waals surface area contributed by atoms with Crippen molar-refractivity contribution in [2.24, 2.45) is 5.10 Å². The lowest BCUT2D eigenvalue weighted by molar-refractivity contribution is 0.0948. The van der Waals surface area contributed by atoms with E-state index in [-0.39, 0.29) is 12.5 Å². The molecular formula is C14H19ClN2O4. The van der Waals surface area contributed by atoms with E-state index in [9.17, 15) is 9.90 Å². The molecular weight excluding hydrogens is 296 g/mol. The van der Waals surface area contributed by atoms with Crippen LogP contribution in [0.4, 0.5) is 4.79 Å². The maximum Gasteiger partial charge on any atom is 0.427 e. The first-order valence-electron chi connectivity index (χ1n) is 6.36. The van der Waals surface area contributed by atoms with Crippen molar-refractivity contribution >= 4 is 23.6 Å². The summed E-state index contributed by atoms with van der Waals surface area (Å²) in [6.07, 6.45) is -0.754. The molecule has 1 unspecified atom stereocenters. The molecule has 0 fully saturated rings. The number of aliphatic hydroxyl groups is 1. The molecule has 1 rings (SSSR count). The van der Waals surface area contributed by atoms with Gasteiger partial charge >= 0.3 is 6.09 Å². The number of rotatable bonds is 4. The fourth-order valence-electron chi connectivity index (χ4n) is 1.63. The van der Waals surface area contributed by atoms with Crippen LogP contribution in [-0.4, -0.2) is 30.8 Å². The number of nitrogens with zero attached hydrogens (tertiary/aromatic N) is 1. The molecule has 0 aliphatic carbocycles. The minimum atomic E-state index is -1.52. The fraction of sp³-hybridized carbons (Fsp3) is 0.429. The quantitative estimate of drug-likeness (QED) is 0.508. The van der Waals surface area contributed by atoms with Crippen molar-refractivity contribution in [3.8, 4) is 0 Å². The summed E-state index contributed by atoms with van der Waals surface area (Å²) in [6, 6.07) is 5.08. The van der Waals surface area contributed by atoms with E-state index in [2.05, 4.69) is 15.3 Å². The average Bonchev–Trinajstić information content (AvgIpc) is 2.45. The van der Waals surface area contributed by atoms with E-state index in [0.29, 0.717) is 10.6 Å². The minimum absolute atomic E-state index is 0.0443. The maximum atomic E-state index is 11.1. The van der Waals surface area contributed by atoms with E-state index >= 15 is 0 Å². The third kappa shape index (κ3) is 4.34. The largest absolute Gasteiger partial charge is 0.478 e. The van der Waals surface area contributed by atoms with Crippen LogP contribution in [0.5, 0.6) is 0 Å². The van der Waals surface area contributed by atoms with Crippen LogP contribution < -0.4 is 5.43 Å². The summed E-state index contributed by atoms with van der Waals surface area (Å²) >= 11 is 5.98. The van der Waals surface area contributed by atoms with Gasteiger partial charge in [0.1, 0.15) is 0 Å². The number of hydrazone groups is 1. The van der Waals surface area contributed by atoms with Gasteiger partial charge < -0.3 is 14.6 Å². The summed E-state index contributed by atoms with van der Waals surface area (Å²) < 4.78 is 9.74. The molecule has 0 saturated heterocycles. The van der Waals surface area contributed by atoms with Gasteiger partial charge in [-0.15, -0.1) is 5.10 Å². The van der Waals surface area contributed by atoms with Gasteiger partial charge in [0.05, 0.1) is 13.7 Å². The predicted molar refractivity (Wildman–Crippen MR) is 80.4 cm³/mol. The molecule has 1 amide bonds. The van der Waals surface area contributed by atoms with Crippen LogP contribution in [-0.2, 0) is 15.1 Å². The summed E-state index contributed by atoms with van der Waals surface area (Å²) in [7, 11) is 1.21. The Balaban J connectivity index is 3.13. The van der Waals surface area contributed by atoms with Crippen LogP contribution in [0.15, 0.2) is 23.3 Å². The van der Waals surface area contributed by atoms with Gasteiger partial charge in [-0.1, -0.05) is 23.7 Å². The first-order chi connectivity index (χ1) is 9.82. The molecule has 0 saturated carbocycles. The fourth-order valence-corrected chi connectivity index (χ4v) is 1.75. The van der Waals surface area contributed by atoms with Gasteiger partial charge in [0.2, 0.25) is 5.90 Å². The molecule has 0 aromatic heterocycles. The second kappa shape index (κ2) is 7.28. The molecule has 0 aliphatic rings. The van der Waals surface area contributed by atoms with Gasteiger partial charge in [-0.25, -0.2) is 10.2 Å². The molecule has 0 radical (unpaired) electrons. The SMILES string of the molecule is CCO/C(=N/NC(=O)OC)C(C)(O)c1ccc(Cl)c(C)c1. The van der Waals surface area contributed by atoms with Crippen molar-refractivity contribution in [2.75, 3.05) is 13.7 Å². The lowest BCUT2D eigenvalue weighted by Gasteiger charge is -2.25. The zero-order chi connectivity index (χ0) is 16.0. The van der Waals surface area contributed by atoms with E-state index in [4.69, 9.17) is 16.3 Å². The number of methoxy groups -OCH3 is 1. The first-order valence-corrected chi connectivity index (χ1v) is 6.74. The smallest absolute Gasteiger partial charge is 0.427 e. The molecule has 0 spiro atoms. The van der Waals surface area contributed by atoms with E-state index in [0.717, 1.165) is 5.56 Å². The highest BCUT2D eigenvalue weighted by Crippen LogP contribution is 2.27. The van der Waals surface area contributed by atoms with E-state index in [1.807, 2.05) is 6.92 Å². The van der Waals surface area contributed by atoms with Crippen molar-refractivity contribution in [3.63, 3.8) is 0 Å². The van der Waals surface area contributed by atoms with Gasteiger partial charge in [-0.2, -0.15) is 0 Å². The Kier molecular flexibility index (Phi) is 5.99. The molecule has 7 heteroatoms. The Bertz CT molecular complexity index is 544. The highest BCUT2D eigenvalue weighted by atomic mass is 35.5. The van der Waals surface area contributed by atoms with E-state index in [1.54, 1.807) is 25.1 Å². The van der Waals surface area contributed by atoms with Crippen molar-refractivity contribution in [1.82, 2.24) is 5.43 Å². The third-order valence-corrected chi connectivity index (χ3v) is 3.28. The summed E-state index contributed by atoms with van der Waals surface area (Å²) in [4.78, 5) is 11.1. The third-order valence-electron chi connectivity index (χ3n) is 2.85. The number of halogens is 1. The minimum Gasteiger partial charge on any atom is -0.478 e. The number of nitrogens with one attached hydrogen (secondary N) is 1. The lowest BCUT2D eigenvalue weighted by atomic mass is 9.94. The van der Waals surface area contributed by atoms with Gasteiger partial charge in [-0.3, -0.25) is 0 Å². The Labute approximate surface area is 128 Å². The highest BCUT2D eigenvalue weighted by Gasteiger charge is 2.32.